The summed E-state index contributed by atoms with van der Waals surface area (Å²) >= 11 is 0. The van der Waals surface area contributed by atoms with Crippen LogP contribution in [0.2, 0.25) is 0 Å². The molecule has 4 rings (SSSR count). The highest BCUT2D eigenvalue weighted by atomic mass is 19.4. The lowest BCUT2D eigenvalue weighted by molar-refractivity contribution is -0.144. The van der Waals surface area contributed by atoms with Crippen LogP contribution in [0.4, 0.5) is 36.4 Å². The maximum atomic E-state index is 13.9. The Morgan fingerprint density at radius 2 is 1.55 bits per heavy atom. The number of halogens is 7. The first-order valence-electron chi connectivity index (χ1n) is 13.6. The molecule has 1 atom stereocenters. The summed E-state index contributed by atoms with van der Waals surface area (Å²) in [5.41, 5.74) is -1.86. The minimum absolute atomic E-state index is 0.0103. The highest BCUT2D eigenvalue weighted by molar-refractivity contribution is 5.94. The number of hydrogen-bond donors (Lipinski definition) is 2. The third-order valence-corrected chi connectivity index (χ3v) is 7.92. The Balaban J connectivity index is 1.68. The van der Waals surface area contributed by atoms with Crippen LogP contribution in [0.1, 0.15) is 61.1 Å². The van der Waals surface area contributed by atoms with E-state index in [1.165, 1.54) is 38.2 Å². The fourth-order valence-corrected chi connectivity index (χ4v) is 5.09. The summed E-state index contributed by atoms with van der Waals surface area (Å²) in [6.07, 6.45) is -5.69. The van der Waals surface area contributed by atoms with Gasteiger partial charge in [0.2, 0.25) is 0 Å². The second-order valence-electron chi connectivity index (χ2n) is 11.3. The zero-order valence-corrected chi connectivity index (χ0v) is 24.0. The quantitative estimate of drug-likeness (QED) is 0.247. The molecule has 3 aromatic rings. The van der Waals surface area contributed by atoms with E-state index in [1.54, 1.807) is 19.1 Å². The van der Waals surface area contributed by atoms with Gasteiger partial charge in [-0.25, -0.2) is 4.39 Å². The first-order valence-corrected chi connectivity index (χ1v) is 13.6. The molecule has 5 nitrogen and oxygen atoms in total. The average molecular weight is 623 g/mol. The number of aryl methyl sites for hydroxylation is 1. The van der Waals surface area contributed by atoms with Crippen molar-refractivity contribution >= 4 is 23.0 Å². The van der Waals surface area contributed by atoms with E-state index in [9.17, 15) is 45.4 Å². The molecule has 1 aliphatic carbocycles. The fraction of sp³-hybridized carbons (Fsp3) is 0.344. The number of pyridine rings is 1. The summed E-state index contributed by atoms with van der Waals surface area (Å²) in [7, 11) is 0. The topological polar surface area (TPSA) is 79.3 Å². The normalized spacial score (nSPS) is 16.0. The molecule has 1 heterocycles. The number of Topliss-reactive ketones (excluding diaryl/α,β-unsaturated/α-hetero) is 1. The molecule has 1 unspecified atom stereocenters. The molecule has 0 fully saturated rings. The van der Waals surface area contributed by atoms with Gasteiger partial charge in [-0.15, -0.1) is 0 Å². The maximum absolute atomic E-state index is 13.9. The SMILES string of the molecule is Cc1cc(F)ccc1-c1cc(C2=CCC(C(=O)O)CC2)ncc1NCC(=O)C(C)(C)c1cc(C(F)(F)F)cc(C(F)(F)F)c1. The van der Waals surface area contributed by atoms with Gasteiger partial charge in [0, 0.05) is 5.56 Å². The number of anilines is 1. The van der Waals surface area contributed by atoms with E-state index in [-0.39, 0.29) is 6.07 Å². The van der Waals surface area contributed by atoms with Gasteiger partial charge in [-0.05, 0) is 98.7 Å². The minimum Gasteiger partial charge on any atom is -0.481 e. The first-order chi connectivity index (χ1) is 20.4. The van der Waals surface area contributed by atoms with Crippen LogP contribution < -0.4 is 5.32 Å². The number of aliphatic carboxylic acids is 1. The van der Waals surface area contributed by atoms with E-state index in [2.05, 4.69) is 10.3 Å². The molecule has 2 aromatic carbocycles. The van der Waals surface area contributed by atoms with E-state index < -0.39 is 64.5 Å². The van der Waals surface area contributed by atoms with Gasteiger partial charge in [0.25, 0.3) is 0 Å². The number of aromatic nitrogens is 1. The van der Waals surface area contributed by atoms with E-state index in [0.29, 0.717) is 59.5 Å². The number of nitrogens with zero attached hydrogens (tertiary/aromatic N) is 1. The number of alkyl halides is 6. The molecular formula is C32H29F7N2O3. The molecule has 0 radical (unpaired) electrons. The molecule has 234 valence electrons. The highest BCUT2D eigenvalue weighted by Gasteiger charge is 2.40. The average Bonchev–Trinajstić information content (AvgIpc) is 2.94. The summed E-state index contributed by atoms with van der Waals surface area (Å²) in [6.45, 7) is 3.71. The van der Waals surface area contributed by atoms with E-state index in [4.69, 9.17) is 0 Å². The monoisotopic (exact) mass is 622 g/mol. The molecule has 1 aromatic heterocycles. The van der Waals surface area contributed by atoms with Crippen LogP contribution in [0.5, 0.6) is 0 Å². The molecular weight excluding hydrogens is 593 g/mol. The molecule has 2 N–H and O–H groups in total. The van der Waals surface area contributed by atoms with Crippen molar-refractivity contribution in [3.63, 3.8) is 0 Å². The van der Waals surface area contributed by atoms with Crippen LogP contribution in [-0.4, -0.2) is 28.4 Å². The standard InChI is InChI=1S/C32H29F7N2O3/c1-17-10-23(33)8-9-24(17)25-14-26(18-4-6-19(7-5-18)29(43)44)40-15-27(25)41-16-28(42)30(2,3)20-11-21(31(34,35)36)13-22(12-20)32(37,38)39/h4,8-15,19,41H,5-7,16H2,1-3H3,(H,43,44). The first kappa shape index (κ1) is 32.7. The summed E-state index contributed by atoms with van der Waals surface area (Å²) in [5.74, 6) is -2.55. The molecule has 44 heavy (non-hydrogen) atoms. The molecule has 0 bridgehead atoms. The number of carbonyl (C=O) groups excluding carboxylic acids is 1. The number of hydrogen-bond acceptors (Lipinski definition) is 4. The van der Waals surface area contributed by atoms with Crippen molar-refractivity contribution in [2.75, 3.05) is 11.9 Å². The Hall–Kier alpha value is -4.22. The number of nitrogens with one attached hydrogen (secondary N) is 1. The van der Waals surface area contributed by atoms with Crippen molar-refractivity contribution in [1.29, 1.82) is 0 Å². The molecule has 0 saturated carbocycles. The van der Waals surface area contributed by atoms with Gasteiger partial charge < -0.3 is 10.4 Å². The smallest absolute Gasteiger partial charge is 0.416 e. The number of benzene rings is 2. The van der Waals surface area contributed by atoms with E-state index in [1.807, 2.05) is 0 Å². The van der Waals surface area contributed by atoms with Crippen LogP contribution in [-0.2, 0) is 27.4 Å². The van der Waals surface area contributed by atoms with Gasteiger partial charge in [0.1, 0.15) is 5.82 Å². The van der Waals surface area contributed by atoms with Crippen molar-refractivity contribution in [3.8, 4) is 11.1 Å². The Kier molecular flexibility index (Phi) is 8.95. The van der Waals surface area contributed by atoms with Gasteiger partial charge in [-0.2, -0.15) is 26.3 Å². The lowest BCUT2D eigenvalue weighted by Crippen LogP contribution is -2.35. The van der Waals surface area contributed by atoms with E-state index in [0.717, 1.165) is 5.57 Å². The highest BCUT2D eigenvalue weighted by Crippen LogP contribution is 2.40. The molecule has 0 saturated heterocycles. The summed E-state index contributed by atoms with van der Waals surface area (Å²) in [4.78, 5) is 29.2. The van der Waals surface area contributed by atoms with Gasteiger partial charge in [-0.1, -0.05) is 12.1 Å². The Morgan fingerprint density at radius 3 is 2.07 bits per heavy atom. The minimum atomic E-state index is -5.06. The van der Waals surface area contributed by atoms with Crippen molar-refractivity contribution in [1.82, 2.24) is 4.98 Å². The lowest BCUT2D eigenvalue weighted by atomic mass is 9.79. The van der Waals surface area contributed by atoms with Crippen molar-refractivity contribution in [2.24, 2.45) is 5.92 Å². The summed E-state index contributed by atoms with van der Waals surface area (Å²) in [5, 5.41) is 12.2. The molecule has 12 heteroatoms. The van der Waals surface area contributed by atoms with Crippen LogP contribution in [0, 0.1) is 18.7 Å². The van der Waals surface area contributed by atoms with Gasteiger partial charge in [0.05, 0.1) is 46.6 Å². The van der Waals surface area contributed by atoms with Gasteiger partial charge >= 0.3 is 18.3 Å². The fourth-order valence-electron chi connectivity index (χ4n) is 5.09. The third kappa shape index (κ3) is 7.11. The second kappa shape index (κ2) is 12.0. The predicted molar refractivity (Wildman–Crippen MR) is 150 cm³/mol. The number of carboxylic acid groups (broad SMARTS) is 1. The van der Waals surface area contributed by atoms with Gasteiger partial charge in [-0.3, -0.25) is 14.6 Å². The molecule has 0 aliphatic heterocycles. The van der Waals surface area contributed by atoms with Crippen molar-refractivity contribution < 1.29 is 45.4 Å². The third-order valence-electron chi connectivity index (χ3n) is 7.92. The van der Waals surface area contributed by atoms with Crippen LogP contribution >= 0.6 is 0 Å². The largest absolute Gasteiger partial charge is 0.481 e. The van der Waals surface area contributed by atoms with Crippen molar-refractivity contribution in [2.45, 2.75) is 57.8 Å². The number of allylic oxidation sites excluding steroid dienone is 2. The van der Waals surface area contributed by atoms with Gasteiger partial charge in [0.15, 0.2) is 5.78 Å². The number of carbonyl (C=O) groups is 2. The Bertz CT molecular complexity index is 1590. The summed E-state index contributed by atoms with van der Waals surface area (Å²) in [6, 6.07) is 6.93. The Labute approximate surface area is 248 Å². The summed E-state index contributed by atoms with van der Waals surface area (Å²) < 4.78 is 94.6. The van der Waals surface area contributed by atoms with Crippen LogP contribution in [0.25, 0.3) is 16.7 Å². The molecule has 1 aliphatic rings. The maximum Gasteiger partial charge on any atom is 0.416 e. The molecule has 0 spiro atoms. The second-order valence-corrected chi connectivity index (χ2v) is 11.3. The van der Waals surface area contributed by atoms with Crippen LogP contribution in [0.3, 0.4) is 0 Å². The zero-order chi connectivity index (χ0) is 32.6. The van der Waals surface area contributed by atoms with E-state index >= 15 is 0 Å². The van der Waals surface area contributed by atoms with Crippen LogP contribution in [0.15, 0.2) is 54.7 Å². The lowest BCUT2D eigenvalue weighted by Gasteiger charge is -2.27. The number of rotatable bonds is 8. The van der Waals surface area contributed by atoms with Crippen molar-refractivity contribution in [3.05, 3.63) is 88.5 Å². The molecule has 0 amide bonds. The number of carboxylic acids is 1. The predicted octanol–water partition coefficient (Wildman–Crippen LogP) is 8.46. The zero-order valence-electron chi connectivity index (χ0n) is 24.0. The Morgan fingerprint density at radius 1 is 0.932 bits per heavy atom. The number of ketones is 1.